The zero-order valence-electron chi connectivity index (χ0n) is 15.0. The van der Waals surface area contributed by atoms with Crippen molar-refractivity contribution in [2.75, 3.05) is 7.11 Å². The zero-order chi connectivity index (χ0) is 17.8. The Morgan fingerprint density at radius 1 is 1.31 bits per heavy atom. The fraction of sp³-hybridized carbons (Fsp3) is 0.400. The fourth-order valence-electron chi connectivity index (χ4n) is 4.60. The van der Waals surface area contributed by atoms with Gasteiger partial charge in [-0.05, 0) is 25.8 Å². The number of methoxy groups -OCH3 is 1. The van der Waals surface area contributed by atoms with Crippen molar-refractivity contribution in [2.24, 2.45) is 0 Å². The van der Waals surface area contributed by atoms with Gasteiger partial charge in [-0.3, -0.25) is 4.90 Å². The highest BCUT2D eigenvalue weighted by Gasteiger charge is 2.41. The third-order valence-corrected chi connectivity index (χ3v) is 5.82. The molecule has 2 atom stereocenters. The molecule has 4 heterocycles. The summed E-state index contributed by atoms with van der Waals surface area (Å²) in [6.07, 6.45) is 5.27. The van der Waals surface area contributed by atoms with Gasteiger partial charge in [0.15, 0.2) is 17.1 Å². The topological polar surface area (TPSA) is 62.9 Å². The highest BCUT2D eigenvalue weighted by Crippen LogP contribution is 2.45. The number of phenols is 1. The number of rotatable bonds is 3. The van der Waals surface area contributed by atoms with E-state index in [1.54, 1.807) is 13.2 Å². The van der Waals surface area contributed by atoms with Crippen molar-refractivity contribution in [3.05, 3.63) is 53.0 Å². The molecule has 3 aromatic rings. The fourth-order valence-corrected chi connectivity index (χ4v) is 4.60. The maximum atomic E-state index is 10.5. The minimum Gasteiger partial charge on any atom is -0.504 e. The van der Waals surface area contributed by atoms with E-state index in [9.17, 15) is 5.11 Å². The van der Waals surface area contributed by atoms with Crippen LogP contribution in [0.25, 0.3) is 5.65 Å². The van der Waals surface area contributed by atoms with Crippen LogP contribution in [0.15, 0.2) is 30.5 Å². The molecule has 5 rings (SSSR count). The predicted octanol–water partition coefficient (Wildman–Crippen LogP) is 3.01. The molecule has 0 saturated carbocycles. The molecule has 1 fully saturated rings. The van der Waals surface area contributed by atoms with Gasteiger partial charge in [0, 0.05) is 48.4 Å². The van der Waals surface area contributed by atoms with Crippen LogP contribution in [0.1, 0.15) is 41.4 Å². The van der Waals surface area contributed by atoms with Crippen molar-refractivity contribution in [1.82, 2.24) is 19.5 Å². The Morgan fingerprint density at radius 3 is 3.04 bits per heavy atom. The van der Waals surface area contributed by atoms with Crippen LogP contribution in [-0.4, -0.2) is 37.8 Å². The lowest BCUT2D eigenvalue weighted by atomic mass is 9.98. The Hall–Kier alpha value is -2.60. The molecular formula is C20H22N4O2. The first-order valence-electron chi connectivity index (χ1n) is 9.10. The Bertz CT molecular complexity index is 997. The lowest BCUT2D eigenvalue weighted by Crippen LogP contribution is -2.38. The number of benzene rings is 1. The zero-order valence-corrected chi connectivity index (χ0v) is 15.0. The van der Waals surface area contributed by atoms with Crippen molar-refractivity contribution in [1.29, 1.82) is 0 Å². The number of ether oxygens (including phenoxy) is 1. The summed E-state index contributed by atoms with van der Waals surface area (Å²) in [5, 5.41) is 15.1. The molecule has 0 aliphatic carbocycles. The summed E-state index contributed by atoms with van der Waals surface area (Å²) in [6.45, 7) is 2.73. The second-order valence-electron chi connectivity index (χ2n) is 7.31. The van der Waals surface area contributed by atoms with Gasteiger partial charge in [-0.1, -0.05) is 12.1 Å². The van der Waals surface area contributed by atoms with Crippen molar-refractivity contribution in [2.45, 2.75) is 44.8 Å². The van der Waals surface area contributed by atoms with Crippen LogP contribution in [0.5, 0.6) is 11.5 Å². The summed E-state index contributed by atoms with van der Waals surface area (Å²) in [6, 6.07) is 8.53. The second-order valence-corrected chi connectivity index (χ2v) is 7.31. The van der Waals surface area contributed by atoms with Crippen LogP contribution < -0.4 is 4.74 Å². The van der Waals surface area contributed by atoms with E-state index in [2.05, 4.69) is 15.0 Å². The second kappa shape index (κ2) is 5.71. The first-order chi connectivity index (χ1) is 12.7. The Labute approximate surface area is 152 Å². The monoisotopic (exact) mass is 350 g/mol. The smallest absolute Gasteiger partial charge is 0.162 e. The standard InChI is InChI=1S/C20H22N4O2/c1-12-8-19-21-10-15-16-7-6-14(9-17(15)24(19)22-12)23(16)11-13-4-3-5-18(26-2)20(13)25/h3-5,8,10,14,16,25H,6-7,9,11H2,1-2H3/t14-,16-/m1/s1. The average molecular weight is 350 g/mol. The lowest BCUT2D eigenvalue weighted by molar-refractivity contribution is 0.163. The molecule has 0 radical (unpaired) electrons. The van der Waals surface area contributed by atoms with E-state index in [0.717, 1.165) is 36.2 Å². The van der Waals surface area contributed by atoms with Gasteiger partial charge in [0.05, 0.1) is 18.5 Å². The van der Waals surface area contributed by atoms with Crippen molar-refractivity contribution in [3.8, 4) is 11.5 Å². The van der Waals surface area contributed by atoms with Gasteiger partial charge >= 0.3 is 0 Å². The number of nitrogens with zero attached hydrogens (tertiary/aromatic N) is 4. The maximum absolute atomic E-state index is 10.5. The molecule has 2 aromatic heterocycles. The van der Waals surface area contributed by atoms with Gasteiger partial charge in [0.25, 0.3) is 0 Å². The molecule has 2 aliphatic rings. The summed E-state index contributed by atoms with van der Waals surface area (Å²) in [7, 11) is 1.59. The highest BCUT2D eigenvalue weighted by molar-refractivity contribution is 5.46. The molecule has 1 saturated heterocycles. The molecule has 6 heteroatoms. The number of hydrogen-bond donors (Lipinski definition) is 1. The molecule has 2 bridgehead atoms. The van der Waals surface area contributed by atoms with Crippen LogP contribution in [0.2, 0.25) is 0 Å². The van der Waals surface area contributed by atoms with Crippen LogP contribution in [-0.2, 0) is 13.0 Å². The Morgan fingerprint density at radius 2 is 2.19 bits per heavy atom. The van der Waals surface area contributed by atoms with E-state index in [1.165, 1.54) is 11.3 Å². The summed E-state index contributed by atoms with van der Waals surface area (Å²) >= 11 is 0. The number of aryl methyl sites for hydroxylation is 1. The molecule has 134 valence electrons. The van der Waals surface area contributed by atoms with E-state index < -0.39 is 0 Å². The van der Waals surface area contributed by atoms with Crippen LogP contribution in [0.3, 0.4) is 0 Å². The Kier molecular flexibility index (Phi) is 3.43. The van der Waals surface area contributed by atoms with E-state index >= 15 is 0 Å². The van der Waals surface area contributed by atoms with Crippen molar-refractivity contribution >= 4 is 5.65 Å². The molecular weight excluding hydrogens is 328 g/mol. The number of aromatic hydroxyl groups is 1. The van der Waals surface area contributed by atoms with E-state index in [4.69, 9.17) is 4.74 Å². The summed E-state index contributed by atoms with van der Waals surface area (Å²) in [5.41, 5.74) is 5.41. The van der Waals surface area contributed by atoms with E-state index in [1.807, 2.05) is 35.8 Å². The molecule has 1 N–H and O–H groups in total. The molecule has 6 nitrogen and oxygen atoms in total. The summed E-state index contributed by atoms with van der Waals surface area (Å²) in [5.74, 6) is 0.777. The first-order valence-corrected chi connectivity index (χ1v) is 9.10. The summed E-state index contributed by atoms with van der Waals surface area (Å²) in [4.78, 5) is 7.12. The molecule has 0 amide bonds. The average Bonchev–Trinajstić information content (AvgIpc) is 3.14. The van der Waals surface area contributed by atoms with E-state index in [0.29, 0.717) is 24.4 Å². The van der Waals surface area contributed by atoms with Crippen LogP contribution in [0.4, 0.5) is 0 Å². The number of fused-ring (bicyclic) bond motifs is 6. The largest absolute Gasteiger partial charge is 0.504 e. The number of aromatic nitrogens is 3. The van der Waals surface area contributed by atoms with E-state index in [-0.39, 0.29) is 5.75 Å². The first kappa shape index (κ1) is 15.6. The van der Waals surface area contributed by atoms with Gasteiger partial charge in [-0.15, -0.1) is 0 Å². The minimum absolute atomic E-state index is 0.247. The van der Waals surface area contributed by atoms with Gasteiger partial charge in [0.2, 0.25) is 0 Å². The van der Waals surface area contributed by atoms with Gasteiger partial charge < -0.3 is 9.84 Å². The molecule has 0 unspecified atom stereocenters. The Balaban J connectivity index is 1.53. The molecule has 0 spiro atoms. The van der Waals surface area contributed by atoms with Crippen molar-refractivity contribution in [3.63, 3.8) is 0 Å². The molecule has 2 aliphatic heterocycles. The normalized spacial score (nSPS) is 21.9. The summed E-state index contributed by atoms with van der Waals surface area (Å²) < 4.78 is 7.28. The number of para-hydroxylation sites is 1. The third kappa shape index (κ3) is 2.22. The maximum Gasteiger partial charge on any atom is 0.162 e. The third-order valence-electron chi connectivity index (χ3n) is 5.82. The van der Waals surface area contributed by atoms with Gasteiger partial charge in [0.1, 0.15) is 0 Å². The predicted molar refractivity (Wildman–Crippen MR) is 97.4 cm³/mol. The number of hydrogen-bond acceptors (Lipinski definition) is 5. The SMILES string of the molecule is COc1cccc(CN2[C@@H]3CC[C@@H]2c2cnc4cc(C)nn4c2C3)c1O. The lowest BCUT2D eigenvalue weighted by Gasteiger charge is -2.36. The van der Waals surface area contributed by atoms with Crippen molar-refractivity contribution < 1.29 is 9.84 Å². The quantitative estimate of drug-likeness (QED) is 0.787. The van der Waals surface area contributed by atoms with Crippen LogP contribution >= 0.6 is 0 Å². The van der Waals surface area contributed by atoms with Crippen LogP contribution in [0, 0.1) is 6.92 Å². The molecule has 1 aromatic carbocycles. The highest BCUT2D eigenvalue weighted by atomic mass is 16.5. The minimum atomic E-state index is 0.247. The van der Waals surface area contributed by atoms with Gasteiger partial charge in [-0.25, -0.2) is 9.50 Å². The van der Waals surface area contributed by atoms with Gasteiger partial charge in [-0.2, -0.15) is 5.10 Å². The molecule has 26 heavy (non-hydrogen) atoms. The number of phenolic OH excluding ortho intramolecular Hbond substituents is 1.